The zero-order valence-electron chi connectivity index (χ0n) is 15.4. The van der Waals surface area contributed by atoms with Gasteiger partial charge in [0, 0.05) is 45.0 Å². The van der Waals surface area contributed by atoms with E-state index in [0.29, 0.717) is 13.0 Å². The van der Waals surface area contributed by atoms with Crippen LogP contribution in [0.5, 0.6) is 0 Å². The van der Waals surface area contributed by atoms with E-state index in [1.54, 1.807) is 12.1 Å². The molecular weight excluding hydrogens is 345 g/mol. The third-order valence-corrected chi connectivity index (χ3v) is 4.96. The van der Waals surface area contributed by atoms with Gasteiger partial charge in [0.05, 0.1) is 6.04 Å². The Kier molecular flexibility index (Phi) is 6.79. The largest absolute Gasteiger partial charge is 0.396 e. The van der Waals surface area contributed by atoms with E-state index in [2.05, 4.69) is 27.2 Å². The number of anilines is 1. The quantitative estimate of drug-likeness (QED) is 0.782. The number of hydrogen-bond acceptors (Lipinski definition) is 4. The molecule has 27 heavy (non-hydrogen) atoms. The number of aliphatic hydroxyl groups is 1. The van der Waals surface area contributed by atoms with E-state index >= 15 is 0 Å². The number of para-hydroxylation sites is 1. The normalized spacial score (nSPS) is 16.1. The Balaban J connectivity index is 1.55. The molecule has 0 saturated carbocycles. The summed E-state index contributed by atoms with van der Waals surface area (Å²) in [7, 11) is 0. The Bertz CT molecular complexity index is 716. The molecule has 1 atom stereocenters. The summed E-state index contributed by atoms with van der Waals surface area (Å²) in [6.45, 7) is 3.54. The molecule has 3 rings (SSSR count). The Morgan fingerprint density at radius 1 is 1.04 bits per heavy atom. The molecule has 1 fully saturated rings. The first-order chi connectivity index (χ1) is 13.2. The van der Waals surface area contributed by atoms with Crippen molar-refractivity contribution in [3.05, 3.63) is 66.0 Å². The SMILES string of the molecule is O=C(NCc1ccc(F)cc1)C(CCO)N1CCN(c2ccccc2)CC1. The van der Waals surface area contributed by atoms with Gasteiger partial charge >= 0.3 is 0 Å². The molecule has 2 aromatic rings. The van der Waals surface area contributed by atoms with E-state index in [-0.39, 0.29) is 24.4 Å². The van der Waals surface area contributed by atoms with Gasteiger partial charge in [-0.05, 0) is 36.2 Å². The second-order valence-electron chi connectivity index (χ2n) is 6.73. The average molecular weight is 371 g/mol. The van der Waals surface area contributed by atoms with E-state index < -0.39 is 0 Å². The van der Waals surface area contributed by atoms with Crippen LogP contribution < -0.4 is 10.2 Å². The summed E-state index contributed by atoms with van der Waals surface area (Å²) in [6.07, 6.45) is 0.403. The molecular formula is C21H26FN3O2. The standard InChI is InChI=1S/C21H26FN3O2/c22-18-8-6-17(7-9-18)16-23-21(27)20(10-15-26)25-13-11-24(12-14-25)19-4-2-1-3-5-19/h1-9,20,26H,10-16H2,(H,23,27). The monoisotopic (exact) mass is 371 g/mol. The number of amides is 1. The highest BCUT2D eigenvalue weighted by molar-refractivity contribution is 5.81. The second-order valence-corrected chi connectivity index (χ2v) is 6.73. The molecule has 1 amide bonds. The molecule has 1 aliphatic rings. The lowest BCUT2D eigenvalue weighted by atomic mass is 10.1. The minimum atomic E-state index is -0.353. The first kappa shape index (κ1) is 19.3. The van der Waals surface area contributed by atoms with Crippen molar-refractivity contribution in [3.8, 4) is 0 Å². The second kappa shape index (κ2) is 9.48. The Hall–Kier alpha value is -2.44. The van der Waals surface area contributed by atoms with Crippen LogP contribution in [0.3, 0.4) is 0 Å². The molecule has 1 unspecified atom stereocenters. The molecule has 1 aliphatic heterocycles. The van der Waals surface area contributed by atoms with E-state index in [9.17, 15) is 14.3 Å². The first-order valence-electron chi connectivity index (χ1n) is 9.34. The van der Waals surface area contributed by atoms with Crippen LogP contribution in [0.4, 0.5) is 10.1 Å². The highest BCUT2D eigenvalue weighted by atomic mass is 19.1. The molecule has 5 nitrogen and oxygen atoms in total. The fraction of sp³-hybridized carbons (Fsp3) is 0.381. The summed E-state index contributed by atoms with van der Waals surface area (Å²) in [5.41, 5.74) is 2.04. The van der Waals surface area contributed by atoms with Gasteiger partial charge in [-0.15, -0.1) is 0 Å². The number of carbonyl (C=O) groups excluding carboxylic acids is 1. The summed E-state index contributed by atoms with van der Waals surface area (Å²) in [5, 5.41) is 12.3. The van der Waals surface area contributed by atoms with Crippen molar-refractivity contribution in [2.45, 2.75) is 19.0 Å². The maximum absolute atomic E-state index is 13.0. The predicted octanol–water partition coefficient (Wildman–Crippen LogP) is 2.02. The van der Waals surface area contributed by atoms with Crippen LogP contribution in [0.15, 0.2) is 54.6 Å². The fourth-order valence-electron chi connectivity index (χ4n) is 3.44. The van der Waals surface area contributed by atoms with Crippen LogP contribution in [-0.4, -0.2) is 54.7 Å². The predicted molar refractivity (Wildman–Crippen MR) is 104 cm³/mol. The highest BCUT2D eigenvalue weighted by Gasteiger charge is 2.28. The lowest BCUT2D eigenvalue weighted by Crippen LogP contribution is -2.55. The van der Waals surface area contributed by atoms with Crippen LogP contribution in [0, 0.1) is 5.82 Å². The molecule has 1 heterocycles. The molecule has 0 aromatic heterocycles. The van der Waals surface area contributed by atoms with Gasteiger partial charge in [0.25, 0.3) is 0 Å². The van der Waals surface area contributed by atoms with Gasteiger partial charge in [0.1, 0.15) is 5.82 Å². The lowest BCUT2D eigenvalue weighted by molar-refractivity contribution is -0.127. The summed E-state index contributed by atoms with van der Waals surface area (Å²) in [6, 6.07) is 16.0. The third kappa shape index (κ3) is 5.28. The van der Waals surface area contributed by atoms with Crippen molar-refractivity contribution in [2.24, 2.45) is 0 Å². The van der Waals surface area contributed by atoms with Gasteiger partial charge in [-0.25, -0.2) is 4.39 Å². The van der Waals surface area contributed by atoms with Crippen molar-refractivity contribution in [1.82, 2.24) is 10.2 Å². The van der Waals surface area contributed by atoms with Gasteiger partial charge in [-0.2, -0.15) is 0 Å². The number of nitrogens with one attached hydrogen (secondary N) is 1. The van der Waals surface area contributed by atoms with Crippen molar-refractivity contribution >= 4 is 11.6 Å². The first-order valence-corrected chi connectivity index (χ1v) is 9.34. The Morgan fingerprint density at radius 3 is 2.33 bits per heavy atom. The van der Waals surface area contributed by atoms with E-state index in [1.165, 1.54) is 17.8 Å². The molecule has 2 aromatic carbocycles. The smallest absolute Gasteiger partial charge is 0.237 e. The van der Waals surface area contributed by atoms with Gasteiger partial charge < -0.3 is 15.3 Å². The fourth-order valence-corrected chi connectivity index (χ4v) is 3.44. The zero-order valence-corrected chi connectivity index (χ0v) is 15.4. The summed E-state index contributed by atoms with van der Waals surface area (Å²) in [4.78, 5) is 17.1. The van der Waals surface area contributed by atoms with Crippen LogP contribution >= 0.6 is 0 Å². The molecule has 6 heteroatoms. The number of aliphatic hydroxyl groups excluding tert-OH is 1. The minimum absolute atomic E-state index is 0.0342. The molecule has 0 spiro atoms. The molecule has 144 valence electrons. The maximum atomic E-state index is 13.0. The van der Waals surface area contributed by atoms with E-state index in [0.717, 1.165) is 31.7 Å². The van der Waals surface area contributed by atoms with Gasteiger partial charge in [-0.1, -0.05) is 30.3 Å². The Labute approximate surface area is 159 Å². The van der Waals surface area contributed by atoms with Crippen LogP contribution in [0.2, 0.25) is 0 Å². The van der Waals surface area contributed by atoms with Crippen LogP contribution in [-0.2, 0) is 11.3 Å². The van der Waals surface area contributed by atoms with Gasteiger partial charge in [0.15, 0.2) is 0 Å². The maximum Gasteiger partial charge on any atom is 0.237 e. The number of halogens is 1. The molecule has 0 radical (unpaired) electrons. The van der Waals surface area contributed by atoms with Crippen LogP contribution in [0.25, 0.3) is 0 Å². The summed E-state index contributed by atoms with van der Waals surface area (Å²) >= 11 is 0. The number of hydrogen-bond donors (Lipinski definition) is 2. The molecule has 2 N–H and O–H groups in total. The average Bonchev–Trinajstić information content (AvgIpc) is 2.72. The van der Waals surface area contributed by atoms with Gasteiger partial charge in [-0.3, -0.25) is 9.69 Å². The number of rotatable bonds is 7. The topological polar surface area (TPSA) is 55.8 Å². The Morgan fingerprint density at radius 2 is 1.70 bits per heavy atom. The summed E-state index contributed by atoms with van der Waals surface area (Å²) < 4.78 is 13.0. The molecule has 1 saturated heterocycles. The van der Waals surface area contributed by atoms with Crippen LogP contribution in [0.1, 0.15) is 12.0 Å². The van der Waals surface area contributed by atoms with E-state index in [4.69, 9.17) is 0 Å². The minimum Gasteiger partial charge on any atom is -0.396 e. The number of nitrogens with zero attached hydrogens (tertiary/aromatic N) is 2. The summed E-state index contributed by atoms with van der Waals surface area (Å²) in [5.74, 6) is -0.388. The van der Waals surface area contributed by atoms with Crippen molar-refractivity contribution < 1.29 is 14.3 Å². The lowest BCUT2D eigenvalue weighted by Gasteiger charge is -2.39. The zero-order chi connectivity index (χ0) is 19.1. The highest BCUT2D eigenvalue weighted by Crippen LogP contribution is 2.17. The molecule has 0 bridgehead atoms. The van der Waals surface area contributed by atoms with Crippen molar-refractivity contribution in [2.75, 3.05) is 37.7 Å². The van der Waals surface area contributed by atoms with E-state index in [1.807, 2.05) is 18.2 Å². The van der Waals surface area contributed by atoms with Gasteiger partial charge in [0.2, 0.25) is 5.91 Å². The van der Waals surface area contributed by atoms with Crippen molar-refractivity contribution in [1.29, 1.82) is 0 Å². The third-order valence-electron chi connectivity index (χ3n) is 4.96. The number of carbonyl (C=O) groups is 1. The molecule has 0 aliphatic carbocycles. The number of piperazine rings is 1. The van der Waals surface area contributed by atoms with Crippen molar-refractivity contribution in [3.63, 3.8) is 0 Å². The number of benzene rings is 2.